The Morgan fingerprint density at radius 3 is 2.22 bits per heavy atom. The minimum absolute atomic E-state index is 0.00686. The fraction of sp³-hybridized carbons (Fsp3) is 0.367. The molecule has 0 N–H and O–H groups in total. The Morgan fingerprint density at radius 2 is 1.47 bits per heavy atom. The molecule has 0 amide bonds. The molecule has 3 aromatic rings. The number of ketones is 1. The van der Waals surface area contributed by atoms with E-state index in [1.54, 1.807) is 6.07 Å². The molecule has 1 saturated heterocycles. The number of aryl methyl sites for hydroxylation is 2. The Balaban J connectivity index is 1.17. The van der Waals surface area contributed by atoms with Crippen LogP contribution in [0, 0.1) is 0 Å². The summed E-state index contributed by atoms with van der Waals surface area (Å²) in [7, 11) is 0. The molecule has 36 heavy (non-hydrogen) atoms. The van der Waals surface area contributed by atoms with Gasteiger partial charge in [0.2, 0.25) is 0 Å². The highest BCUT2D eigenvalue weighted by atomic mass is 79.9. The Labute approximate surface area is 219 Å². The number of carbonyl (C=O) groups excluding carboxylic acids is 1. The Kier molecular flexibility index (Phi) is 9.02. The topological polar surface area (TPSA) is 29.6 Å². The zero-order chi connectivity index (χ0) is 25.5. The van der Waals surface area contributed by atoms with Crippen LogP contribution in [0.2, 0.25) is 0 Å². The first-order valence-corrected chi connectivity index (χ1v) is 13.3. The Bertz CT molecular complexity index is 1170. The molecule has 1 aliphatic rings. The van der Waals surface area contributed by atoms with Crippen molar-refractivity contribution in [2.24, 2.45) is 0 Å². The maximum atomic E-state index is 12.9. The van der Waals surface area contributed by atoms with Crippen molar-refractivity contribution < 1.29 is 22.7 Å². The maximum Gasteiger partial charge on any atom is 0.416 e. The fourth-order valence-electron chi connectivity index (χ4n) is 4.66. The van der Waals surface area contributed by atoms with Crippen molar-refractivity contribution in [3.63, 3.8) is 0 Å². The van der Waals surface area contributed by atoms with Crippen molar-refractivity contribution >= 4 is 21.7 Å². The van der Waals surface area contributed by atoms with Gasteiger partial charge < -0.3 is 4.74 Å². The van der Waals surface area contributed by atoms with Gasteiger partial charge in [0.25, 0.3) is 0 Å². The van der Waals surface area contributed by atoms with E-state index >= 15 is 0 Å². The van der Waals surface area contributed by atoms with E-state index in [0.29, 0.717) is 12.0 Å². The van der Waals surface area contributed by atoms with Crippen LogP contribution >= 0.6 is 15.9 Å². The number of hydrogen-bond acceptors (Lipinski definition) is 2. The van der Waals surface area contributed by atoms with Gasteiger partial charge >= 0.3 is 6.18 Å². The summed E-state index contributed by atoms with van der Waals surface area (Å²) in [5, 5.41) is 0. The number of hydrogen-bond donors (Lipinski definition) is 0. The minimum Gasteiger partial charge on any atom is -0.356 e. The number of unbranched alkanes of at least 4 members (excludes halogenated alkanes) is 5. The lowest BCUT2D eigenvalue weighted by Gasteiger charge is -2.09. The van der Waals surface area contributed by atoms with Crippen LogP contribution in [-0.4, -0.2) is 11.9 Å². The molecule has 4 rings (SSSR count). The third-order valence-electron chi connectivity index (χ3n) is 6.67. The van der Waals surface area contributed by atoms with Gasteiger partial charge in [-0.1, -0.05) is 102 Å². The molecule has 6 heteroatoms. The lowest BCUT2D eigenvalue weighted by molar-refractivity contribution is -0.137. The second kappa shape index (κ2) is 12.2. The van der Waals surface area contributed by atoms with E-state index in [1.165, 1.54) is 17.7 Å². The number of ether oxygens (including phenoxy) is 1. The predicted octanol–water partition coefficient (Wildman–Crippen LogP) is 8.92. The van der Waals surface area contributed by atoms with Crippen molar-refractivity contribution in [3.8, 4) is 0 Å². The molecule has 0 spiro atoms. The molecule has 2 atom stereocenters. The van der Waals surface area contributed by atoms with Gasteiger partial charge in [-0.05, 0) is 54.5 Å². The van der Waals surface area contributed by atoms with Crippen LogP contribution in [-0.2, 0) is 23.8 Å². The van der Waals surface area contributed by atoms with Crippen LogP contribution in [0.4, 0.5) is 13.2 Å². The van der Waals surface area contributed by atoms with E-state index in [0.717, 1.165) is 66.6 Å². The van der Waals surface area contributed by atoms with E-state index in [9.17, 15) is 18.0 Å². The molecule has 0 radical (unpaired) electrons. The number of benzene rings is 3. The monoisotopic (exact) mass is 558 g/mol. The molecule has 2 nitrogen and oxygen atoms in total. The number of epoxide rings is 1. The third kappa shape index (κ3) is 7.07. The van der Waals surface area contributed by atoms with Crippen LogP contribution < -0.4 is 0 Å². The van der Waals surface area contributed by atoms with E-state index in [1.807, 2.05) is 36.4 Å². The van der Waals surface area contributed by atoms with Crippen LogP contribution in [0.1, 0.15) is 77.2 Å². The minimum atomic E-state index is -4.28. The predicted molar refractivity (Wildman–Crippen MR) is 139 cm³/mol. The molecule has 3 aromatic carbocycles. The average Bonchev–Trinajstić information content (AvgIpc) is 3.66. The van der Waals surface area contributed by atoms with E-state index in [2.05, 4.69) is 28.1 Å². The number of carbonyl (C=O) groups is 1. The molecule has 0 bridgehead atoms. The van der Waals surface area contributed by atoms with Gasteiger partial charge in [-0.15, -0.1) is 0 Å². The van der Waals surface area contributed by atoms with Crippen LogP contribution in [0.5, 0.6) is 0 Å². The molecule has 0 aliphatic carbocycles. The van der Waals surface area contributed by atoms with Gasteiger partial charge in [0.1, 0.15) is 6.10 Å². The van der Waals surface area contributed by atoms with Gasteiger partial charge in [0, 0.05) is 10.0 Å². The highest BCUT2D eigenvalue weighted by Gasteiger charge is 2.47. The van der Waals surface area contributed by atoms with Crippen molar-refractivity contribution in [1.29, 1.82) is 0 Å². The molecule has 0 unspecified atom stereocenters. The summed E-state index contributed by atoms with van der Waals surface area (Å²) in [4.78, 5) is 12.9. The van der Waals surface area contributed by atoms with E-state index < -0.39 is 17.8 Å². The summed E-state index contributed by atoms with van der Waals surface area (Å²) >= 11 is 3.45. The standard InChI is InChI=1S/C30H30BrF3O2/c31-26-19-10-9-18-25(26)27(35)29-28(36-29)24-17-8-7-15-22(24)14-6-4-2-1-3-5-12-21-13-11-16-23(20-21)30(32,33)34/h7-11,13,15-20,28-29H,1-6,12,14H2/t28-,29-/m0/s1. The molecule has 0 saturated carbocycles. The van der Waals surface area contributed by atoms with Crippen molar-refractivity contribution in [1.82, 2.24) is 0 Å². The van der Waals surface area contributed by atoms with Gasteiger partial charge in [-0.3, -0.25) is 4.79 Å². The summed E-state index contributed by atoms with van der Waals surface area (Å²) in [5.74, 6) is 0.00686. The van der Waals surface area contributed by atoms with E-state index in [4.69, 9.17) is 4.74 Å². The number of halogens is 4. The van der Waals surface area contributed by atoms with Gasteiger partial charge in [0.05, 0.1) is 5.56 Å². The summed E-state index contributed by atoms with van der Waals surface area (Å²) in [5.41, 5.74) is 3.16. The smallest absolute Gasteiger partial charge is 0.356 e. The summed E-state index contributed by atoms with van der Waals surface area (Å²) in [6.45, 7) is 0. The van der Waals surface area contributed by atoms with Gasteiger partial charge in [0.15, 0.2) is 11.9 Å². The fourth-order valence-corrected chi connectivity index (χ4v) is 5.14. The van der Waals surface area contributed by atoms with Gasteiger partial charge in [-0.25, -0.2) is 0 Å². The highest BCUT2D eigenvalue weighted by molar-refractivity contribution is 9.10. The number of Topliss-reactive ketones (excluding diaryl/α,β-unsaturated/α-hetero) is 1. The summed E-state index contributed by atoms with van der Waals surface area (Å²) in [6.07, 6.45) is 2.98. The molecule has 190 valence electrons. The SMILES string of the molecule is O=C(c1ccccc1Br)[C@@H]1O[C@H]1c1ccccc1CCCCCCCCc1cccc(C(F)(F)F)c1. The zero-order valence-corrected chi connectivity index (χ0v) is 21.7. The van der Waals surface area contributed by atoms with Crippen molar-refractivity contribution in [2.45, 2.75) is 69.8 Å². The molecule has 1 heterocycles. The van der Waals surface area contributed by atoms with Gasteiger partial charge in [-0.2, -0.15) is 13.2 Å². The average molecular weight is 559 g/mol. The molecular formula is C30H30BrF3O2. The quantitative estimate of drug-likeness (QED) is 0.126. The highest BCUT2D eigenvalue weighted by Crippen LogP contribution is 2.43. The molecule has 1 aliphatic heterocycles. The summed E-state index contributed by atoms with van der Waals surface area (Å²) < 4.78 is 45.1. The van der Waals surface area contributed by atoms with Crippen molar-refractivity contribution in [3.05, 3.63) is 105 Å². The zero-order valence-electron chi connectivity index (χ0n) is 20.1. The number of alkyl halides is 3. The lowest BCUT2D eigenvalue weighted by Crippen LogP contribution is -2.09. The second-order valence-corrected chi connectivity index (χ2v) is 10.2. The second-order valence-electron chi connectivity index (χ2n) is 9.34. The maximum absolute atomic E-state index is 12.9. The third-order valence-corrected chi connectivity index (χ3v) is 7.36. The normalized spacial score (nSPS) is 17.2. The Hall–Kier alpha value is -2.44. The first kappa shape index (κ1) is 26.6. The summed E-state index contributed by atoms with van der Waals surface area (Å²) in [6, 6.07) is 21.3. The number of rotatable bonds is 12. The first-order valence-electron chi connectivity index (χ1n) is 12.5. The van der Waals surface area contributed by atoms with Crippen LogP contribution in [0.25, 0.3) is 0 Å². The molecule has 1 fully saturated rings. The van der Waals surface area contributed by atoms with E-state index in [-0.39, 0.29) is 11.9 Å². The lowest BCUT2D eigenvalue weighted by atomic mass is 9.95. The molecule has 0 aromatic heterocycles. The van der Waals surface area contributed by atoms with Crippen molar-refractivity contribution in [2.75, 3.05) is 0 Å². The Morgan fingerprint density at radius 1 is 0.806 bits per heavy atom. The first-order chi connectivity index (χ1) is 17.3. The molecular weight excluding hydrogens is 529 g/mol. The van der Waals surface area contributed by atoms with Crippen LogP contribution in [0.3, 0.4) is 0 Å². The largest absolute Gasteiger partial charge is 0.416 e. The van der Waals surface area contributed by atoms with Crippen LogP contribution in [0.15, 0.2) is 77.3 Å².